The quantitative estimate of drug-likeness (QED) is 0.843. The maximum Gasteiger partial charge on any atom is 0.231 e. The average Bonchev–Trinajstić information content (AvgIpc) is 2.91. The number of fused-ring (bicyclic) bond motifs is 1. The molecule has 8 heteroatoms. The van der Waals surface area contributed by atoms with Crippen LogP contribution in [0.15, 0.2) is 18.5 Å². The number of hydrogen-bond donors (Lipinski definition) is 0. The summed E-state index contributed by atoms with van der Waals surface area (Å²) in [5, 5.41) is 7.94. The van der Waals surface area contributed by atoms with Gasteiger partial charge in [0.25, 0.3) is 0 Å². The number of amides is 1. The van der Waals surface area contributed by atoms with Crippen LogP contribution in [0.3, 0.4) is 0 Å². The fourth-order valence-corrected chi connectivity index (χ4v) is 3.41. The van der Waals surface area contributed by atoms with Gasteiger partial charge in [0.05, 0.1) is 12.2 Å². The van der Waals surface area contributed by atoms with E-state index in [9.17, 15) is 13.6 Å². The summed E-state index contributed by atoms with van der Waals surface area (Å²) in [7, 11) is 1.84. The van der Waals surface area contributed by atoms with Crippen LogP contribution in [0.1, 0.15) is 24.6 Å². The Balaban J connectivity index is 1.64. The smallest absolute Gasteiger partial charge is 0.231 e. The molecule has 1 aliphatic carbocycles. The Morgan fingerprint density at radius 1 is 1.33 bits per heavy atom. The number of nitrogens with zero attached hydrogens (tertiary/aromatic N) is 4. The Kier molecular flexibility index (Phi) is 3.47. The number of aromatic nitrogens is 3. The van der Waals surface area contributed by atoms with E-state index in [1.54, 1.807) is 10.9 Å². The molecule has 0 N–H and O–H groups in total. The van der Waals surface area contributed by atoms with Crippen molar-refractivity contribution in [2.75, 3.05) is 18.1 Å². The highest BCUT2D eigenvalue weighted by atomic mass is 19.1. The third kappa shape index (κ3) is 2.24. The van der Waals surface area contributed by atoms with Crippen LogP contribution in [0.25, 0.3) is 0 Å². The standard InChI is InChI=1S/C16H16F2N4O2/c1-21-8-19-20-15(21)10-2-3-11(10)16(23)22-4-5-24-14-12(18)6-9(17)7-13(14)22/h6-8,10-11H,2-5H2,1H3/t10-,11+/m1/s1. The molecule has 1 fully saturated rings. The van der Waals surface area contributed by atoms with Crippen molar-refractivity contribution >= 4 is 11.6 Å². The summed E-state index contributed by atoms with van der Waals surface area (Å²) in [6.07, 6.45) is 3.17. The lowest BCUT2D eigenvalue weighted by molar-refractivity contribution is -0.126. The number of rotatable bonds is 2. The van der Waals surface area contributed by atoms with Crippen molar-refractivity contribution in [3.05, 3.63) is 35.9 Å². The Morgan fingerprint density at radius 3 is 2.83 bits per heavy atom. The van der Waals surface area contributed by atoms with Gasteiger partial charge in [0.1, 0.15) is 24.6 Å². The molecule has 0 bridgehead atoms. The molecule has 1 aromatic heterocycles. The lowest BCUT2D eigenvalue weighted by Gasteiger charge is -2.39. The molecule has 1 aromatic carbocycles. The van der Waals surface area contributed by atoms with E-state index in [2.05, 4.69) is 10.2 Å². The normalized spacial score (nSPS) is 22.5. The Morgan fingerprint density at radius 2 is 2.17 bits per heavy atom. The summed E-state index contributed by atoms with van der Waals surface area (Å²) in [6.45, 7) is 0.458. The molecular weight excluding hydrogens is 318 g/mol. The van der Waals surface area contributed by atoms with Gasteiger partial charge in [0, 0.05) is 31.0 Å². The predicted octanol–water partition coefficient (Wildman–Crippen LogP) is 2.01. The maximum atomic E-state index is 13.9. The summed E-state index contributed by atoms with van der Waals surface area (Å²) in [5.74, 6) is -1.25. The van der Waals surface area contributed by atoms with Gasteiger partial charge >= 0.3 is 0 Å². The van der Waals surface area contributed by atoms with Crippen molar-refractivity contribution in [3.63, 3.8) is 0 Å². The summed E-state index contributed by atoms with van der Waals surface area (Å²) in [4.78, 5) is 14.4. The van der Waals surface area contributed by atoms with Crippen LogP contribution in [0.4, 0.5) is 14.5 Å². The fourth-order valence-electron chi connectivity index (χ4n) is 3.41. The molecule has 1 amide bonds. The number of carbonyl (C=O) groups is 1. The minimum absolute atomic E-state index is 0.0188. The Labute approximate surface area is 137 Å². The van der Waals surface area contributed by atoms with Gasteiger partial charge in [-0.25, -0.2) is 8.78 Å². The van der Waals surface area contributed by atoms with Gasteiger partial charge in [0.15, 0.2) is 11.6 Å². The summed E-state index contributed by atoms with van der Waals surface area (Å²) in [5.41, 5.74) is 0.160. The molecule has 2 aliphatic rings. The molecule has 0 saturated heterocycles. The van der Waals surface area contributed by atoms with Crippen molar-refractivity contribution in [1.82, 2.24) is 14.8 Å². The van der Waals surface area contributed by atoms with E-state index < -0.39 is 11.6 Å². The first kappa shape index (κ1) is 15.0. The molecular formula is C16H16F2N4O2. The number of ether oxygens (including phenoxy) is 1. The minimum Gasteiger partial charge on any atom is -0.486 e. The highest BCUT2D eigenvalue weighted by Gasteiger charge is 2.43. The molecule has 24 heavy (non-hydrogen) atoms. The number of aryl methyl sites for hydroxylation is 1. The number of anilines is 1. The number of halogens is 2. The van der Waals surface area contributed by atoms with Gasteiger partial charge < -0.3 is 14.2 Å². The van der Waals surface area contributed by atoms with Crippen LogP contribution in [-0.2, 0) is 11.8 Å². The molecule has 2 aromatic rings. The van der Waals surface area contributed by atoms with Gasteiger partial charge in [-0.3, -0.25) is 4.79 Å². The van der Waals surface area contributed by atoms with Crippen molar-refractivity contribution in [3.8, 4) is 5.75 Å². The van der Waals surface area contributed by atoms with Gasteiger partial charge in [0.2, 0.25) is 5.91 Å². The largest absolute Gasteiger partial charge is 0.486 e. The Hall–Kier alpha value is -2.51. The second-order valence-electron chi connectivity index (χ2n) is 6.16. The lowest BCUT2D eigenvalue weighted by Crippen LogP contribution is -2.46. The van der Waals surface area contributed by atoms with Crippen LogP contribution in [0, 0.1) is 17.6 Å². The monoisotopic (exact) mass is 334 g/mol. The topological polar surface area (TPSA) is 60.2 Å². The molecule has 126 valence electrons. The molecule has 1 aliphatic heterocycles. The predicted molar refractivity (Wildman–Crippen MR) is 80.7 cm³/mol. The first-order valence-corrected chi connectivity index (χ1v) is 7.83. The van der Waals surface area contributed by atoms with Gasteiger partial charge in [-0.05, 0) is 12.8 Å². The van der Waals surface area contributed by atoms with Crippen molar-refractivity contribution < 1.29 is 18.3 Å². The third-order valence-electron chi connectivity index (χ3n) is 4.78. The maximum absolute atomic E-state index is 13.9. The van der Waals surface area contributed by atoms with E-state index in [4.69, 9.17) is 4.74 Å². The van der Waals surface area contributed by atoms with E-state index >= 15 is 0 Å². The fraction of sp³-hybridized carbons (Fsp3) is 0.438. The molecule has 4 rings (SSSR count). The van der Waals surface area contributed by atoms with Crippen LogP contribution in [0.5, 0.6) is 5.75 Å². The van der Waals surface area contributed by atoms with E-state index in [-0.39, 0.29) is 42.3 Å². The molecule has 1 saturated carbocycles. The summed E-state index contributed by atoms with van der Waals surface area (Å²) < 4.78 is 34.6. The zero-order valence-corrected chi connectivity index (χ0v) is 13.1. The second kappa shape index (κ2) is 5.54. The minimum atomic E-state index is -0.791. The van der Waals surface area contributed by atoms with E-state index in [0.29, 0.717) is 0 Å². The molecule has 0 unspecified atom stereocenters. The third-order valence-corrected chi connectivity index (χ3v) is 4.78. The number of carbonyl (C=O) groups excluding carboxylic acids is 1. The van der Waals surface area contributed by atoms with Crippen molar-refractivity contribution in [2.45, 2.75) is 18.8 Å². The van der Waals surface area contributed by atoms with E-state index in [0.717, 1.165) is 30.8 Å². The first-order valence-electron chi connectivity index (χ1n) is 7.83. The van der Waals surface area contributed by atoms with E-state index in [1.165, 1.54) is 4.90 Å². The average molecular weight is 334 g/mol. The van der Waals surface area contributed by atoms with Crippen LogP contribution in [0.2, 0.25) is 0 Å². The SMILES string of the molecule is Cn1cnnc1[C@@H]1CC[C@@H]1C(=O)N1CCOc2c(F)cc(F)cc21. The lowest BCUT2D eigenvalue weighted by atomic mass is 9.72. The first-order chi connectivity index (χ1) is 11.6. The van der Waals surface area contributed by atoms with Crippen molar-refractivity contribution in [2.24, 2.45) is 13.0 Å². The second-order valence-corrected chi connectivity index (χ2v) is 6.16. The number of benzene rings is 1. The van der Waals surface area contributed by atoms with Crippen LogP contribution >= 0.6 is 0 Å². The summed E-state index contributed by atoms with van der Waals surface area (Å²) in [6, 6.07) is 1.91. The molecule has 6 nitrogen and oxygen atoms in total. The van der Waals surface area contributed by atoms with Crippen molar-refractivity contribution in [1.29, 1.82) is 0 Å². The zero-order chi connectivity index (χ0) is 16.8. The van der Waals surface area contributed by atoms with Gasteiger partial charge in [-0.15, -0.1) is 10.2 Å². The highest BCUT2D eigenvalue weighted by Crippen LogP contribution is 2.44. The molecule has 2 heterocycles. The van der Waals surface area contributed by atoms with E-state index in [1.807, 2.05) is 7.05 Å². The van der Waals surface area contributed by atoms with Crippen LogP contribution in [-0.4, -0.2) is 33.8 Å². The number of hydrogen-bond acceptors (Lipinski definition) is 4. The van der Waals surface area contributed by atoms with Crippen LogP contribution < -0.4 is 9.64 Å². The zero-order valence-electron chi connectivity index (χ0n) is 13.1. The summed E-state index contributed by atoms with van der Waals surface area (Å²) >= 11 is 0. The highest BCUT2D eigenvalue weighted by molar-refractivity contribution is 5.97. The van der Waals surface area contributed by atoms with Gasteiger partial charge in [-0.2, -0.15) is 0 Å². The van der Waals surface area contributed by atoms with Gasteiger partial charge in [-0.1, -0.05) is 0 Å². The molecule has 0 radical (unpaired) electrons. The Bertz CT molecular complexity index is 807. The molecule has 0 spiro atoms. The molecule has 2 atom stereocenters.